The van der Waals surface area contributed by atoms with Crippen molar-refractivity contribution >= 4 is 23.1 Å². The number of halogens is 3. The predicted octanol–water partition coefficient (Wildman–Crippen LogP) is 4.59. The third-order valence-electron chi connectivity index (χ3n) is 3.02. The standard InChI is InChI=1S/C14H15ClF2N2/c1-2-7-19-8-3-4-13(19)18-10-5-6-12(15)11(9-10)14(16)17/h2,5-6,9,14H,1,3-4,7-8H2. The van der Waals surface area contributed by atoms with Gasteiger partial charge in [0.25, 0.3) is 6.43 Å². The lowest BCUT2D eigenvalue weighted by molar-refractivity contribution is 0.151. The van der Waals surface area contributed by atoms with Gasteiger partial charge in [-0.1, -0.05) is 17.7 Å². The summed E-state index contributed by atoms with van der Waals surface area (Å²) in [7, 11) is 0. The lowest BCUT2D eigenvalue weighted by Gasteiger charge is -2.16. The van der Waals surface area contributed by atoms with Gasteiger partial charge in [-0.15, -0.1) is 6.58 Å². The van der Waals surface area contributed by atoms with E-state index in [0.717, 1.165) is 31.8 Å². The average molecular weight is 285 g/mol. The molecule has 0 N–H and O–H groups in total. The molecule has 1 aromatic carbocycles. The van der Waals surface area contributed by atoms with E-state index in [-0.39, 0.29) is 10.6 Å². The Hall–Kier alpha value is -1.42. The van der Waals surface area contributed by atoms with Crippen LogP contribution in [0.15, 0.2) is 35.8 Å². The molecule has 1 heterocycles. The third-order valence-corrected chi connectivity index (χ3v) is 3.36. The molecule has 0 radical (unpaired) electrons. The third kappa shape index (κ3) is 3.32. The zero-order valence-corrected chi connectivity index (χ0v) is 11.2. The molecule has 102 valence electrons. The molecule has 5 heteroatoms. The maximum absolute atomic E-state index is 12.8. The van der Waals surface area contributed by atoms with Crippen LogP contribution in [0.5, 0.6) is 0 Å². The van der Waals surface area contributed by atoms with E-state index < -0.39 is 6.43 Å². The Morgan fingerprint density at radius 3 is 2.95 bits per heavy atom. The molecular formula is C14H15ClF2N2. The van der Waals surface area contributed by atoms with Crippen LogP contribution in [-0.2, 0) is 0 Å². The summed E-state index contributed by atoms with van der Waals surface area (Å²) in [5.41, 5.74) is 0.349. The van der Waals surface area contributed by atoms with E-state index in [1.54, 1.807) is 6.07 Å². The molecule has 0 aliphatic carbocycles. The average Bonchev–Trinajstić information content (AvgIpc) is 2.79. The van der Waals surface area contributed by atoms with Crippen molar-refractivity contribution in [2.75, 3.05) is 13.1 Å². The van der Waals surface area contributed by atoms with Crippen molar-refractivity contribution in [3.63, 3.8) is 0 Å². The van der Waals surface area contributed by atoms with Crippen LogP contribution in [0.25, 0.3) is 0 Å². The van der Waals surface area contributed by atoms with Gasteiger partial charge in [-0.2, -0.15) is 0 Å². The van der Waals surface area contributed by atoms with E-state index in [4.69, 9.17) is 11.6 Å². The van der Waals surface area contributed by atoms with Crippen LogP contribution in [0.2, 0.25) is 5.02 Å². The number of likely N-dealkylation sites (tertiary alicyclic amines) is 1. The molecule has 0 spiro atoms. The molecule has 0 unspecified atom stereocenters. The number of hydrogen-bond donors (Lipinski definition) is 0. The molecular weight excluding hydrogens is 270 g/mol. The van der Waals surface area contributed by atoms with Gasteiger partial charge in [-0.3, -0.25) is 0 Å². The minimum atomic E-state index is -2.58. The van der Waals surface area contributed by atoms with Crippen LogP contribution in [-0.4, -0.2) is 23.8 Å². The Balaban J connectivity index is 2.27. The van der Waals surface area contributed by atoms with Gasteiger partial charge in [0.1, 0.15) is 5.84 Å². The van der Waals surface area contributed by atoms with Gasteiger partial charge in [0, 0.05) is 30.1 Å². The molecule has 0 bridgehead atoms. The number of benzene rings is 1. The second-order valence-corrected chi connectivity index (χ2v) is 4.78. The summed E-state index contributed by atoms with van der Waals surface area (Å²) in [6.45, 7) is 5.36. The SMILES string of the molecule is C=CCN1CCCC1=Nc1ccc(Cl)c(C(F)F)c1. The smallest absolute Gasteiger partial charge is 0.265 e. The van der Waals surface area contributed by atoms with Crippen LogP contribution in [0.4, 0.5) is 14.5 Å². The van der Waals surface area contributed by atoms with Crippen LogP contribution in [0.1, 0.15) is 24.8 Å². The second kappa shape index (κ2) is 6.15. The molecule has 0 atom stereocenters. The molecule has 1 aromatic rings. The van der Waals surface area contributed by atoms with Crippen LogP contribution in [0.3, 0.4) is 0 Å². The highest BCUT2D eigenvalue weighted by atomic mass is 35.5. The van der Waals surface area contributed by atoms with E-state index in [1.807, 2.05) is 6.08 Å². The molecule has 2 nitrogen and oxygen atoms in total. The highest BCUT2D eigenvalue weighted by Gasteiger charge is 2.18. The second-order valence-electron chi connectivity index (χ2n) is 4.37. The van der Waals surface area contributed by atoms with Crippen LogP contribution >= 0.6 is 11.6 Å². The first-order valence-electron chi connectivity index (χ1n) is 6.13. The lowest BCUT2D eigenvalue weighted by atomic mass is 10.2. The molecule has 0 saturated carbocycles. The summed E-state index contributed by atoms with van der Waals surface area (Å²) < 4.78 is 25.5. The first-order valence-corrected chi connectivity index (χ1v) is 6.50. The summed E-state index contributed by atoms with van der Waals surface area (Å²) in [6, 6.07) is 4.48. The van der Waals surface area contributed by atoms with Crippen molar-refractivity contribution in [2.24, 2.45) is 4.99 Å². The molecule has 19 heavy (non-hydrogen) atoms. The van der Waals surface area contributed by atoms with E-state index >= 15 is 0 Å². The van der Waals surface area contributed by atoms with Gasteiger partial charge < -0.3 is 4.90 Å². The van der Waals surface area contributed by atoms with Crippen molar-refractivity contribution in [1.82, 2.24) is 4.90 Å². The molecule has 1 saturated heterocycles. The van der Waals surface area contributed by atoms with Crippen molar-refractivity contribution in [3.8, 4) is 0 Å². The van der Waals surface area contributed by atoms with E-state index in [0.29, 0.717) is 5.69 Å². The zero-order chi connectivity index (χ0) is 13.8. The van der Waals surface area contributed by atoms with Gasteiger partial charge >= 0.3 is 0 Å². The normalized spacial score (nSPS) is 17.5. The van der Waals surface area contributed by atoms with E-state index in [2.05, 4.69) is 16.5 Å². The van der Waals surface area contributed by atoms with Crippen LogP contribution in [0, 0.1) is 0 Å². The summed E-state index contributed by atoms with van der Waals surface area (Å²) in [5.74, 6) is 0.919. The minimum absolute atomic E-state index is 0.0771. The topological polar surface area (TPSA) is 15.6 Å². The quantitative estimate of drug-likeness (QED) is 0.738. The highest BCUT2D eigenvalue weighted by Crippen LogP contribution is 2.31. The predicted molar refractivity (Wildman–Crippen MR) is 74.5 cm³/mol. The first kappa shape index (κ1) is 14.0. The minimum Gasteiger partial charge on any atom is -0.356 e. The maximum atomic E-state index is 12.8. The number of alkyl halides is 2. The van der Waals surface area contributed by atoms with Crippen molar-refractivity contribution in [1.29, 1.82) is 0 Å². The lowest BCUT2D eigenvalue weighted by Crippen LogP contribution is -2.24. The Kier molecular flexibility index (Phi) is 4.53. The first-order chi connectivity index (χ1) is 9.11. The molecule has 2 rings (SSSR count). The Morgan fingerprint density at radius 1 is 1.47 bits per heavy atom. The number of amidine groups is 1. The van der Waals surface area contributed by atoms with E-state index in [1.165, 1.54) is 12.1 Å². The fourth-order valence-corrected chi connectivity index (χ4v) is 2.31. The Morgan fingerprint density at radius 2 is 2.26 bits per heavy atom. The summed E-state index contributed by atoms with van der Waals surface area (Å²) in [5, 5.41) is 0.0771. The fourth-order valence-electron chi connectivity index (χ4n) is 2.11. The number of hydrogen-bond acceptors (Lipinski definition) is 1. The zero-order valence-electron chi connectivity index (χ0n) is 10.5. The summed E-state index contributed by atoms with van der Waals surface area (Å²) in [6.07, 6.45) is 1.12. The van der Waals surface area contributed by atoms with Crippen molar-refractivity contribution in [3.05, 3.63) is 41.4 Å². The van der Waals surface area contributed by atoms with Crippen molar-refractivity contribution in [2.45, 2.75) is 19.3 Å². The largest absolute Gasteiger partial charge is 0.356 e. The van der Waals surface area contributed by atoms with Gasteiger partial charge in [-0.25, -0.2) is 13.8 Å². The number of nitrogens with zero attached hydrogens (tertiary/aromatic N) is 2. The molecule has 0 aromatic heterocycles. The Labute approximate surface area is 116 Å². The fraction of sp³-hybridized carbons (Fsp3) is 0.357. The molecule has 1 aliphatic rings. The summed E-state index contributed by atoms with van der Waals surface area (Å²) >= 11 is 5.73. The number of aliphatic imine (C=N–C) groups is 1. The van der Waals surface area contributed by atoms with Gasteiger partial charge in [0.2, 0.25) is 0 Å². The summed E-state index contributed by atoms with van der Waals surface area (Å²) in [4.78, 5) is 6.55. The monoisotopic (exact) mass is 284 g/mol. The molecule has 1 aliphatic heterocycles. The van der Waals surface area contributed by atoms with Crippen LogP contribution < -0.4 is 0 Å². The van der Waals surface area contributed by atoms with Crippen molar-refractivity contribution < 1.29 is 8.78 Å². The highest BCUT2D eigenvalue weighted by molar-refractivity contribution is 6.31. The van der Waals surface area contributed by atoms with E-state index in [9.17, 15) is 8.78 Å². The van der Waals surface area contributed by atoms with Gasteiger partial charge in [0.15, 0.2) is 0 Å². The Bertz CT molecular complexity index is 500. The maximum Gasteiger partial charge on any atom is 0.265 e. The van der Waals surface area contributed by atoms with Gasteiger partial charge in [-0.05, 0) is 24.6 Å². The van der Waals surface area contributed by atoms with Gasteiger partial charge in [0.05, 0.1) is 5.69 Å². The number of rotatable bonds is 4. The molecule has 0 amide bonds. The molecule has 1 fully saturated rings.